The molecule has 0 aliphatic heterocycles. The van der Waals surface area contributed by atoms with Crippen LogP contribution in [0.5, 0.6) is 0 Å². The summed E-state index contributed by atoms with van der Waals surface area (Å²) in [6.45, 7) is 3.82. The first-order chi connectivity index (χ1) is 10.3. The van der Waals surface area contributed by atoms with E-state index in [0.29, 0.717) is 5.82 Å². The maximum atomic E-state index is 12.9. The molecule has 1 amide bonds. The Morgan fingerprint density at radius 2 is 2.00 bits per heavy atom. The molecule has 0 atom stereocenters. The number of aromatic nitrogens is 3. The predicted molar refractivity (Wildman–Crippen MR) is 73.0 cm³/mol. The zero-order valence-corrected chi connectivity index (χ0v) is 12.1. The molecule has 1 N–H and O–H groups in total. The first kappa shape index (κ1) is 16.0. The third-order valence-electron chi connectivity index (χ3n) is 3.09. The molecule has 0 fully saturated rings. The molecule has 5 nitrogen and oxygen atoms in total. The van der Waals surface area contributed by atoms with Crippen molar-refractivity contribution in [3.05, 3.63) is 47.5 Å². The molecule has 0 saturated carbocycles. The number of hydrogen-bond acceptors (Lipinski definition) is 3. The summed E-state index contributed by atoms with van der Waals surface area (Å²) in [4.78, 5) is 12.0. The van der Waals surface area contributed by atoms with E-state index in [9.17, 15) is 18.0 Å². The summed E-state index contributed by atoms with van der Waals surface area (Å²) in [5.41, 5.74) is -1.37. The van der Waals surface area contributed by atoms with Crippen molar-refractivity contribution in [1.82, 2.24) is 20.1 Å². The number of nitrogens with zero attached hydrogens (tertiary/aromatic N) is 3. The number of nitrogens with one attached hydrogen (secondary N) is 1. The summed E-state index contributed by atoms with van der Waals surface area (Å²) in [5.74, 6) is -0.320. The van der Waals surface area contributed by atoms with Crippen molar-refractivity contribution in [2.45, 2.75) is 32.6 Å². The van der Waals surface area contributed by atoms with E-state index >= 15 is 0 Å². The predicted octanol–water partition coefficient (Wildman–Crippen LogP) is 2.81. The van der Waals surface area contributed by atoms with Crippen molar-refractivity contribution >= 4 is 5.91 Å². The molecule has 0 unspecified atom stereocenters. The highest BCUT2D eigenvalue weighted by Gasteiger charge is 2.34. The maximum Gasteiger partial charge on any atom is 0.417 e. The van der Waals surface area contributed by atoms with Crippen LogP contribution in [0.4, 0.5) is 13.2 Å². The lowest BCUT2D eigenvalue weighted by Crippen LogP contribution is -2.27. The highest BCUT2D eigenvalue weighted by atomic mass is 19.4. The highest BCUT2D eigenvalue weighted by molar-refractivity contribution is 5.95. The van der Waals surface area contributed by atoms with Crippen LogP contribution in [0.3, 0.4) is 0 Å². The normalized spacial score (nSPS) is 11.7. The smallest absolute Gasteiger partial charge is 0.345 e. The summed E-state index contributed by atoms with van der Waals surface area (Å²) in [6, 6.07) is 4.75. The number of alkyl halides is 3. The van der Waals surface area contributed by atoms with Crippen molar-refractivity contribution in [2.24, 2.45) is 0 Å². The second-order valence-electron chi connectivity index (χ2n) is 4.97. The molecule has 0 aliphatic carbocycles. The number of carbonyl (C=O) groups is 1. The maximum absolute atomic E-state index is 12.9. The van der Waals surface area contributed by atoms with Gasteiger partial charge in [-0.3, -0.25) is 4.79 Å². The molecule has 1 heterocycles. The van der Waals surface area contributed by atoms with Gasteiger partial charge in [0, 0.05) is 6.04 Å². The molecule has 1 aromatic heterocycles. The molecular weight excluding hydrogens is 297 g/mol. The van der Waals surface area contributed by atoms with Gasteiger partial charge in [-0.25, -0.2) is 0 Å². The number of benzene rings is 1. The van der Waals surface area contributed by atoms with E-state index in [2.05, 4.69) is 15.5 Å². The summed E-state index contributed by atoms with van der Waals surface area (Å²) in [6.07, 6.45) is -3.07. The zero-order valence-electron chi connectivity index (χ0n) is 12.1. The fourth-order valence-corrected chi connectivity index (χ4v) is 2.01. The number of amides is 1. The van der Waals surface area contributed by atoms with Gasteiger partial charge in [0.1, 0.15) is 6.33 Å². The molecule has 0 bridgehead atoms. The van der Waals surface area contributed by atoms with E-state index in [-0.39, 0.29) is 12.6 Å². The average Bonchev–Trinajstić information content (AvgIpc) is 2.92. The van der Waals surface area contributed by atoms with Crippen LogP contribution in [0.25, 0.3) is 0 Å². The first-order valence-corrected chi connectivity index (χ1v) is 6.63. The van der Waals surface area contributed by atoms with E-state index in [1.165, 1.54) is 18.5 Å². The van der Waals surface area contributed by atoms with Crippen LogP contribution in [0.2, 0.25) is 0 Å². The van der Waals surface area contributed by atoms with Gasteiger partial charge in [-0.2, -0.15) is 13.2 Å². The summed E-state index contributed by atoms with van der Waals surface area (Å²) < 4.78 is 40.4. The Hall–Kier alpha value is -2.38. The van der Waals surface area contributed by atoms with Gasteiger partial charge in [-0.1, -0.05) is 12.1 Å². The number of carbonyl (C=O) groups excluding carboxylic acids is 1. The fourth-order valence-electron chi connectivity index (χ4n) is 2.01. The molecule has 22 heavy (non-hydrogen) atoms. The second-order valence-corrected chi connectivity index (χ2v) is 4.97. The van der Waals surface area contributed by atoms with Crippen LogP contribution < -0.4 is 5.32 Å². The van der Waals surface area contributed by atoms with Crippen molar-refractivity contribution in [1.29, 1.82) is 0 Å². The van der Waals surface area contributed by atoms with E-state index in [0.717, 1.165) is 12.1 Å². The van der Waals surface area contributed by atoms with Crippen LogP contribution in [0.15, 0.2) is 30.6 Å². The molecule has 2 rings (SSSR count). The quantitative estimate of drug-likeness (QED) is 0.944. The zero-order chi connectivity index (χ0) is 16.3. The van der Waals surface area contributed by atoms with Crippen molar-refractivity contribution in [2.75, 3.05) is 0 Å². The molecule has 118 valence electrons. The van der Waals surface area contributed by atoms with E-state index in [1.54, 1.807) is 4.57 Å². The Morgan fingerprint density at radius 3 is 2.64 bits per heavy atom. The van der Waals surface area contributed by atoms with Crippen LogP contribution in [0, 0.1) is 0 Å². The number of rotatable bonds is 4. The summed E-state index contributed by atoms with van der Waals surface area (Å²) in [7, 11) is 0. The van der Waals surface area contributed by atoms with Crippen LogP contribution >= 0.6 is 0 Å². The highest BCUT2D eigenvalue weighted by Crippen LogP contribution is 2.31. The van der Waals surface area contributed by atoms with Gasteiger partial charge in [0.2, 0.25) is 0 Å². The SMILES string of the molecule is CC(C)n1cnnc1CNC(=O)c1ccccc1C(F)(F)F. The van der Waals surface area contributed by atoms with Crippen LogP contribution in [-0.4, -0.2) is 20.7 Å². The lowest BCUT2D eigenvalue weighted by Gasteiger charge is -2.13. The van der Waals surface area contributed by atoms with Gasteiger partial charge in [0.25, 0.3) is 5.91 Å². The van der Waals surface area contributed by atoms with Gasteiger partial charge < -0.3 is 9.88 Å². The van der Waals surface area contributed by atoms with Crippen LogP contribution in [0.1, 0.15) is 41.6 Å². The Morgan fingerprint density at radius 1 is 1.32 bits per heavy atom. The summed E-state index contributed by atoms with van der Waals surface area (Å²) >= 11 is 0. The van der Waals surface area contributed by atoms with E-state index < -0.39 is 23.2 Å². The summed E-state index contributed by atoms with van der Waals surface area (Å²) in [5, 5.41) is 10.0. The molecule has 0 aliphatic rings. The molecule has 8 heteroatoms. The Labute approximate surface area is 125 Å². The lowest BCUT2D eigenvalue weighted by molar-refractivity contribution is -0.137. The number of hydrogen-bond donors (Lipinski definition) is 1. The minimum atomic E-state index is -4.58. The first-order valence-electron chi connectivity index (χ1n) is 6.63. The monoisotopic (exact) mass is 312 g/mol. The van der Waals surface area contributed by atoms with Gasteiger partial charge in [0.15, 0.2) is 5.82 Å². The van der Waals surface area contributed by atoms with Gasteiger partial charge in [-0.05, 0) is 26.0 Å². The molecule has 1 aromatic carbocycles. The minimum absolute atomic E-state index is 0.00318. The third-order valence-corrected chi connectivity index (χ3v) is 3.09. The fraction of sp³-hybridized carbons (Fsp3) is 0.357. The van der Waals surface area contributed by atoms with Crippen molar-refractivity contribution < 1.29 is 18.0 Å². The second kappa shape index (κ2) is 6.17. The largest absolute Gasteiger partial charge is 0.417 e. The molecule has 0 spiro atoms. The van der Waals surface area contributed by atoms with Gasteiger partial charge in [-0.15, -0.1) is 10.2 Å². The van der Waals surface area contributed by atoms with Crippen molar-refractivity contribution in [3.63, 3.8) is 0 Å². The average molecular weight is 312 g/mol. The standard InChI is InChI=1S/C14H15F3N4O/c1-9(2)21-8-19-20-12(21)7-18-13(22)10-5-3-4-6-11(10)14(15,16)17/h3-6,8-9H,7H2,1-2H3,(H,18,22). The van der Waals surface area contributed by atoms with Crippen molar-refractivity contribution in [3.8, 4) is 0 Å². The van der Waals surface area contributed by atoms with Gasteiger partial charge in [0.05, 0.1) is 17.7 Å². The number of halogens is 3. The topological polar surface area (TPSA) is 59.8 Å². The third kappa shape index (κ3) is 3.44. The van der Waals surface area contributed by atoms with Crippen LogP contribution in [-0.2, 0) is 12.7 Å². The minimum Gasteiger partial charge on any atom is -0.345 e. The molecular formula is C14H15F3N4O. The van der Waals surface area contributed by atoms with E-state index in [4.69, 9.17) is 0 Å². The molecule has 2 aromatic rings. The Balaban J connectivity index is 2.15. The molecule has 0 radical (unpaired) electrons. The Kier molecular flexibility index (Phi) is 4.48. The Bertz CT molecular complexity index is 664. The lowest BCUT2D eigenvalue weighted by atomic mass is 10.1. The molecule has 0 saturated heterocycles. The van der Waals surface area contributed by atoms with Gasteiger partial charge >= 0.3 is 6.18 Å². The van der Waals surface area contributed by atoms with E-state index in [1.807, 2.05) is 13.8 Å².